The molecule has 5 nitrogen and oxygen atoms in total. The van der Waals surface area contributed by atoms with Gasteiger partial charge in [-0.05, 0) is 30.4 Å². The average Bonchev–Trinajstić information content (AvgIpc) is 2.38. The van der Waals surface area contributed by atoms with Gasteiger partial charge in [-0.3, -0.25) is 4.98 Å². The number of piperidine rings is 1. The topological polar surface area (TPSA) is 59.5 Å². The molecule has 1 aliphatic heterocycles. The minimum absolute atomic E-state index is 0.0669. The van der Waals surface area contributed by atoms with E-state index in [1.54, 1.807) is 6.20 Å². The molecule has 0 bridgehead atoms. The summed E-state index contributed by atoms with van der Waals surface area (Å²) in [7, 11) is -3.07. The van der Waals surface area contributed by atoms with Gasteiger partial charge < -0.3 is 4.74 Å². The predicted molar refractivity (Wildman–Crippen MR) is 78.4 cm³/mol. The summed E-state index contributed by atoms with van der Waals surface area (Å²) < 4.78 is 30.3. The highest BCUT2D eigenvalue weighted by Gasteiger charge is 2.25. The molecule has 0 amide bonds. The van der Waals surface area contributed by atoms with E-state index >= 15 is 0 Å². The Bertz CT molecular complexity index is 549. The monoisotopic (exact) mass is 298 g/mol. The molecule has 0 aliphatic carbocycles. The van der Waals surface area contributed by atoms with Gasteiger partial charge in [0, 0.05) is 19.3 Å². The normalized spacial score (nSPS) is 18.4. The van der Waals surface area contributed by atoms with E-state index in [-0.39, 0.29) is 6.10 Å². The lowest BCUT2D eigenvalue weighted by Gasteiger charge is -2.30. The van der Waals surface area contributed by atoms with Crippen LogP contribution in [0.1, 0.15) is 38.2 Å². The first kappa shape index (κ1) is 15.3. The minimum Gasteiger partial charge on any atom is -0.489 e. The van der Waals surface area contributed by atoms with Crippen molar-refractivity contribution < 1.29 is 13.2 Å². The van der Waals surface area contributed by atoms with Crippen LogP contribution in [0, 0.1) is 0 Å². The van der Waals surface area contributed by atoms with Gasteiger partial charge in [-0.1, -0.05) is 13.8 Å². The summed E-state index contributed by atoms with van der Waals surface area (Å²) in [5.41, 5.74) is 1.15. The second-order valence-corrected chi connectivity index (χ2v) is 7.57. The molecular formula is C14H22N2O3S. The van der Waals surface area contributed by atoms with Crippen molar-refractivity contribution in [2.45, 2.75) is 38.7 Å². The van der Waals surface area contributed by atoms with Crippen molar-refractivity contribution in [2.24, 2.45) is 0 Å². The molecule has 0 saturated carbocycles. The number of nitrogens with zero attached hydrogens (tertiary/aromatic N) is 2. The minimum atomic E-state index is -3.07. The second kappa shape index (κ2) is 6.10. The van der Waals surface area contributed by atoms with Crippen molar-refractivity contribution in [3.8, 4) is 5.75 Å². The third-order valence-electron chi connectivity index (χ3n) is 3.57. The maximum atomic E-state index is 11.4. The zero-order chi connectivity index (χ0) is 14.8. The van der Waals surface area contributed by atoms with Gasteiger partial charge in [-0.25, -0.2) is 12.7 Å². The summed E-state index contributed by atoms with van der Waals surface area (Å²) in [5.74, 6) is 1.19. The van der Waals surface area contributed by atoms with Crippen molar-refractivity contribution >= 4 is 10.0 Å². The molecule has 2 heterocycles. The van der Waals surface area contributed by atoms with Gasteiger partial charge >= 0.3 is 0 Å². The first-order chi connectivity index (χ1) is 9.36. The third-order valence-corrected chi connectivity index (χ3v) is 4.88. The molecule has 1 saturated heterocycles. The highest BCUT2D eigenvalue weighted by atomic mass is 32.2. The molecule has 0 atom stereocenters. The van der Waals surface area contributed by atoms with Crippen LogP contribution in [-0.2, 0) is 10.0 Å². The third kappa shape index (κ3) is 3.93. The summed E-state index contributed by atoms with van der Waals surface area (Å²) in [4.78, 5) is 4.19. The van der Waals surface area contributed by atoms with Crippen LogP contribution in [0.2, 0.25) is 0 Å². The summed E-state index contributed by atoms with van der Waals surface area (Å²) >= 11 is 0. The summed E-state index contributed by atoms with van der Waals surface area (Å²) in [5, 5.41) is 0. The van der Waals surface area contributed by atoms with Crippen LogP contribution in [0.15, 0.2) is 18.5 Å². The first-order valence-corrected chi connectivity index (χ1v) is 8.78. The molecular weight excluding hydrogens is 276 g/mol. The van der Waals surface area contributed by atoms with Gasteiger partial charge in [-0.15, -0.1) is 0 Å². The van der Waals surface area contributed by atoms with Crippen LogP contribution in [0.5, 0.6) is 5.75 Å². The van der Waals surface area contributed by atoms with Crippen LogP contribution in [-0.4, -0.2) is 43.2 Å². The smallest absolute Gasteiger partial charge is 0.211 e. The zero-order valence-electron chi connectivity index (χ0n) is 12.2. The van der Waals surface area contributed by atoms with E-state index in [0.29, 0.717) is 19.0 Å². The van der Waals surface area contributed by atoms with Crippen LogP contribution < -0.4 is 4.74 Å². The number of pyridine rings is 1. The van der Waals surface area contributed by atoms with E-state index in [2.05, 4.69) is 18.8 Å². The van der Waals surface area contributed by atoms with E-state index in [1.807, 2.05) is 12.3 Å². The van der Waals surface area contributed by atoms with Crippen LogP contribution in [0.25, 0.3) is 0 Å². The number of aromatic nitrogens is 1. The average molecular weight is 298 g/mol. The summed E-state index contributed by atoms with van der Waals surface area (Å²) in [6, 6.07) is 2.01. The molecule has 0 unspecified atom stereocenters. The molecule has 0 N–H and O–H groups in total. The fourth-order valence-corrected chi connectivity index (χ4v) is 3.16. The number of rotatable bonds is 4. The lowest BCUT2D eigenvalue weighted by Crippen LogP contribution is -2.41. The molecule has 1 fully saturated rings. The van der Waals surface area contributed by atoms with Gasteiger partial charge in [-0.2, -0.15) is 0 Å². The molecule has 1 aliphatic rings. The van der Waals surface area contributed by atoms with Gasteiger partial charge in [0.1, 0.15) is 11.9 Å². The number of hydrogen-bond donors (Lipinski definition) is 0. The lowest BCUT2D eigenvalue weighted by atomic mass is 10.1. The van der Waals surface area contributed by atoms with Crippen molar-refractivity contribution in [1.29, 1.82) is 0 Å². The molecule has 20 heavy (non-hydrogen) atoms. The van der Waals surface area contributed by atoms with Crippen LogP contribution in [0.3, 0.4) is 0 Å². The Morgan fingerprint density at radius 3 is 2.50 bits per heavy atom. The quantitative estimate of drug-likeness (QED) is 0.853. The number of ether oxygens (including phenoxy) is 1. The molecule has 0 spiro atoms. The summed E-state index contributed by atoms with van der Waals surface area (Å²) in [6.45, 7) is 5.29. The largest absolute Gasteiger partial charge is 0.489 e. The van der Waals surface area contributed by atoms with E-state index < -0.39 is 10.0 Å². The van der Waals surface area contributed by atoms with Crippen molar-refractivity contribution in [1.82, 2.24) is 9.29 Å². The molecule has 6 heteroatoms. The number of hydrogen-bond acceptors (Lipinski definition) is 4. The Balaban J connectivity index is 1.94. The Morgan fingerprint density at radius 1 is 1.30 bits per heavy atom. The Hall–Kier alpha value is -1.14. The second-order valence-electron chi connectivity index (χ2n) is 5.59. The molecule has 2 rings (SSSR count). The molecule has 1 aromatic heterocycles. The van der Waals surface area contributed by atoms with Gasteiger partial charge in [0.15, 0.2) is 0 Å². The van der Waals surface area contributed by atoms with Crippen molar-refractivity contribution in [3.05, 3.63) is 24.0 Å². The van der Waals surface area contributed by atoms with Crippen molar-refractivity contribution in [3.63, 3.8) is 0 Å². The zero-order valence-corrected chi connectivity index (χ0v) is 13.1. The predicted octanol–water partition coefficient (Wildman–Crippen LogP) is 2.01. The Kier molecular flexibility index (Phi) is 4.65. The highest BCUT2D eigenvalue weighted by molar-refractivity contribution is 7.88. The Labute approximate surface area is 121 Å². The molecule has 0 radical (unpaired) electrons. The van der Waals surface area contributed by atoms with Crippen LogP contribution >= 0.6 is 0 Å². The van der Waals surface area contributed by atoms with E-state index in [4.69, 9.17) is 4.74 Å². The highest BCUT2D eigenvalue weighted by Crippen LogP contribution is 2.23. The van der Waals surface area contributed by atoms with Crippen LogP contribution in [0.4, 0.5) is 0 Å². The van der Waals surface area contributed by atoms with Gasteiger partial charge in [0.05, 0.1) is 12.5 Å². The molecule has 0 aromatic carbocycles. The van der Waals surface area contributed by atoms with E-state index in [0.717, 1.165) is 24.2 Å². The molecule has 112 valence electrons. The fourth-order valence-electron chi connectivity index (χ4n) is 2.29. The SMILES string of the molecule is CC(C)c1cncc(OC2CCN(S(C)(=O)=O)CC2)c1. The first-order valence-electron chi connectivity index (χ1n) is 6.93. The van der Waals surface area contributed by atoms with Gasteiger partial charge in [0.25, 0.3) is 0 Å². The number of sulfonamides is 1. The van der Waals surface area contributed by atoms with E-state index in [9.17, 15) is 8.42 Å². The maximum absolute atomic E-state index is 11.4. The standard InChI is InChI=1S/C14H22N2O3S/c1-11(2)12-8-14(10-15-9-12)19-13-4-6-16(7-5-13)20(3,17)18/h8-11,13H,4-7H2,1-3H3. The molecule has 1 aromatic rings. The summed E-state index contributed by atoms with van der Waals surface area (Å²) in [6.07, 6.45) is 6.33. The fraction of sp³-hybridized carbons (Fsp3) is 0.643. The Morgan fingerprint density at radius 2 is 1.95 bits per heavy atom. The lowest BCUT2D eigenvalue weighted by molar-refractivity contribution is 0.135. The van der Waals surface area contributed by atoms with E-state index in [1.165, 1.54) is 10.6 Å². The van der Waals surface area contributed by atoms with Crippen molar-refractivity contribution in [2.75, 3.05) is 19.3 Å². The maximum Gasteiger partial charge on any atom is 0.211 e. The van der Waals surface area contributed by atoms with Gasteiger partial charge in [0.2, 0.25) is 10.0 Å².